The number of hydrogen-bond acceptors (Lipinski definition) is 3. The maximum Gasteiger partial charge on any atom is 0.410 e. The van der Waals surface area contributed by atoms with E-state index in [9.17, 15) is 4.79 Å². The molecule has 186 valence electrons. The highest BCUT2D eigenvalue weighted by Gasteiger charge is 2.23. The summed E-state index contributed by atoms with van der Waals surface area (Å²) in [5.41, 5.74) is -0.361. The third-order valence-corrected chi connectivity index (χ3v) is 4.51. The summed E-state index contributed by atoms with van der Waals surface area (Å²) >= 11 is 0. The second kappa shape index (κ2) is 28.2. The normalized spacial score (nSPS) is 13.1. The molecule has 1 aliphatic heterocycles. The number of aliphatic hydroxyl groups is 1. The summed E-state index contributed by atoms with van der Waals surface area (Å²) in [6, 6.07) is 0. The molecule has 0 bridgehead atoms. The Kier molecular flexibility index (Phi) is 34.4. The Morgan fingerprint density at radius 3 is 1.70 bits per heavy atom. The van der Waals surface area contributed by atoms with Crippen LogP contribution >= 0.6 is 0 Å². The quantitative estimate of drug-likeness (QED) is 0.409. The Balaban J connectivity index is -0.000000169. The van der Waals surface area contributed by atoms with Gasteiger partial charge in [-0.3, -0.25) is 0 Å². The predicted molar refractivity (Wildman–Crippen MR) is 135 cm³/mol. The SMILES string of the molecule is CC.CC(C)(C)OC(=O)N1CCCC1.CCCC.CCCCCCC(C)CC.CO. The van der Waals surface area contributed by atoms with Crippen molar-refractivity contribution in [3.05, 3.63) is 0 Å². The third kappa shape index (κ3) is 31.9. The molecule has 1 aliphatic rings. The second-order valence-electron chi connectivity index (χ2n) is 8.54. The molecule has 1 saturated heterocycles. The Morgan fingerprint density at radius 1 is 0.900 bits per heavy atom. The van der Waals surface area contributed by atoms with E-state index in [4.69, 9.17) is 9.84 Å². The summed E-state index contributed by atoms with van der Waals surface area (Å²) < 4.78 is 5.21. The van der Waals surface area contributed by atoms with Gasteiger partial charge in [-0.25, -0.2) is 4.79 Å². The largest absolute Gasteiger partial charge is 0.444 e. The van der Waals surface area contributed by atoms with Crippen LogP contribution in [0, 0.1) is 5.92 Å². The maximum atomic E-state index is 11.4. The highest BCUT2D eigenvalue weighted by molar-refractivity contribution is 5.68. The van der Waals surface area contributed by atoms with Gasteiger partial charge in [0.25, 0.3) is 0 Å². The summed E-state index contributed by atoms with van der Waals surface area (Å²) in [6.45, 7) is 22.6. The van der Waals surface area contributed by atoms with Crippen LogP contribution in [0.5, 0.6) is 0 Å². The Hall–Kier alpha value is -0.770. The number of nitrogens with zero attached hydrogens (tertiary/aromatic N) is 1. The van der Waals surface area contributed by atoms with Crippen LogP contribution in [0.4, 0.5) is 4.79 Å². The van der Waals surface area contributed by atoms with E-state index in [0.717, 1.165) is 39.0 Å². The average Bonchev–Trinajstić information content (AvgIpc) is 3.28. The number of ether oxygens (including phenoxy) is 1. The molecule has 4 heteroatoms. The number of aliphatic hydroxyl groups excluding tert-OH is 1. The molecule has 30 heavy (non-hydrogen) atoms. The van der Waals surface area contributed by atoms with E-state index < -0.39 is 0 Å². The molecule has 0 aromatic heterocycles. The lowest BCUT2D eigenvalue weighted by Gasteiger charge is -2.23. The van der Waals surface area contributed by atoms with Crippen LogP contribution in [-0.2, 0) is 4.74 Å². The van der Waals surface area contributed by atoms with Crippen molar-refractivity contribution in [2.24, 2.45) is 5.92 Å². The van der Waals surface area contributed by atoms with Crippen LogP contribution in [0.25, 0.3) is 0 Å². The topological polar surface area (TPSA) is 49.8 Å². The maximum absolute atomic E-state index is 11.4. The molecule has 0 spiro atoms. The summed E-state index contributed by atoms with van der Waals surface area (Å²) in [5.74, 6) is 0.955. The van der Waals surface area contributed by atoms with Gasteiger partial charge in [0.1, 0.15) is 5.60 Å². The first kappa shape index (κ1) is 36.6. The van der Waals surface area contributed by atoms with E-state index in [1.54, 1.807) is 4.90 Å². The lowest BCUT2D eigenvalue weighted by molar-refractivity contribution is 0.0295. The Bertz CT molecular complexity index is 306. The average molecular weight is 434 g/mol. The van der Waals surface area contributed by atoms with Gasteiger partial charge in [0.05, 0.1) is 0 Å². The van der Waals surface area contributed by atoms with Crippen molar-refractivity contribution in [3.8, 4) is 0 Å². The van der Waals surface area contributed by atoms with Gasteiger partial charge in [-0.15, -0.1) is 0 Å². The second-order valence-corrected chi connectivity index (χ2v) is 8.54. The zero-order chi connectivity index (χ0) is 24.4. The van der Waals surface area contributed by atoms with Crippen LogP contribution in [0.2, 0.25) is 0 Å². The Labute approximate surface area is 191 Å². The van der Waals surface area contributed by atoms with Crippen LogP contribution in [0.1, 0.15) is 133 Å². The minimum atomic E-state index is -0.361. The highest BCUT2D eigenvalue weighted by atomic mass is 16.6. The molecular formula is C26H59NO3. The predicted octanol–water partition coefficient (Wildman–Crippen LogP) is 8.46. The molecule has 1 heterocycles. The van der Waals surface area contributed by atoms with Crippen molar-refractivity contribution < 1.29 is 14.6 Å². The molecule has 0 aliphatic carbocycles. The minimum absolute atomic E-state index is 0.167. The molecule has 1 unspecified atom stereocenters. The third-order valence-electron chi connectivity index (χ3n) is 4.51. The molecular weight excluding hydrogens is 374 g/mol. The van der Waals surface area contributed by atoms with Gasteiger partial charge < -0.3 is 14.7 Å². The van der Waals surface area contributed by atoms with Crippen molar-refractivity contribution in [1.29, 1.82) is 0 Å². The van der Waals surface area contributed by atoms with Crippen molar-refractivity contribution in [2.45, 2.75) is 139 Å². The fraction of sp³-hybridized carbons (Fsp3) is 0.962. The van der Waals surface area contributed by atoms with Crippen molar-refractivity contribution in [2.75, 3.05) is 20.2 Å². The number of rotatable bonds is 7. The smallest absolute Gasteiger partial charge is 0.410 e. The summed E-state index contributed by atoms with van der Waals surface area (Å²) in [4.78, 5) is 13.1. The van der Waals surface area contributed by atoms with Gasteiger partial charge in [-0.05, 0) is 39.5 Å². The van der Waals surface area contributed by atoms with E-state index in [1.807, 2.05) is 34.6 Å². The molecule has 4 nitrogen and oxygen atoms in total. The van der Waals surface area contributed by atoms with Gasteiger partial charge in [0, 0.05) is 20.2 Å². The van der Waals surface area contributed by atoms with Crippen LogP contribution in [0.15, 0.2) is 0 Å². The summed E-state index contributed by atoms with van der Waals surface area (Å²) in [7, 11) is 1.00. The van der Waals surface area contributed by atoms with Crippen LogP contribution in [0.3, 0.4) is 0 Å². The van der Waals surface area contributed by atoms with E-state index in [0.29, 0.717) is 0 Å². The molecule has 1 rings (SSSR count). The van der Waals surface area contributed by atoms with Crippen molar-refractivity contribution in [1.82, 2.24) is 4.90 Å². The minimum Gasteiger partial charge on any atom is -0.444 e. The molecule has 0 aromatic carbocycles. The molecule has 1 N–H and O–H groups in total. The lowest BCUT2D eigenvalue weighted by Crippen LogP contribution is -2.34. The summed E-state index contributed by atoms with van der Waals surface area (Å²) in [6.07, 6.45) is 13.2. The first-order valence-electron chi connectivity index (χ1n) is 12.6. The van der Waals surface area contributed by atoms with E-state index >= 15 is 0 Å². The van der Waals surface area contributed by atoms with Gasteiger partial charge >= 0.3 is 6.09 Å². The fourth-order valence-electron chi connectivity index (χ4n) is 2.35. The number of carbonyl (C=O) groups is 1. The number of carbonyl (C=O) groups excluding carboxylic acids is 1. The van der Waals surface area contributed by atoms with E-state index in [1.165, 1.54) is 51.4 Å². The zero-order valence-corrected chi connectivity index (χ0v) is 22.8. The molecule has 1 atom stereocenters. The standard InChI is InChI=1S/C10H22.C9H17NO2.C4H10.C2H6.CH4O/c1-4-6-7-8-9-10(3)5-2;1-9(2,3)12-8(11)10-6-4-5-7-10;1-3-4-2;2*1-2/h10H,4-9H2,1-3H3;4-7H2,1-3H3;3-4H2,1-2H3;1-2H3;2H,1H3. The van der Waals surface area contributed by atoms with Gasteiger partial charge in [-0.2, -0.15) is 0 Å². The van der Waals surface area contributed by atoms with Gasteiger partial charge in [0.2, 0.25) is 0 Å². The van der Waals surface area contributed by atoms with Gasteiger partial charge in [-0.1, -0.05) is 99.8 Å². The van der Waals surface area contributed by atoms with E-state index in [-0.39, 0.29) is 11.7 Å². The number of hydrogen-bond donors (Lipinski definition) is 1. The molecule has 1 fully saturated rings. The molecule has 0 radical (unpaired) electrons. The van der Waals surface area contributed by atoms with Crippen molar-refractivity contribution >= 4 is 6.09 Å². The van der Waals surface area contributed by atoms with Crippen molar-refractivity contribution in [3.63, 3.8) is 0 Å². The van der Waals surface area contributed by atoms with Gasteiger partial charge in [0.15, 0.2) is 0 Å². The first-order chi connectivity index (χ1) is 14.2. The number of amides is 1. The first-order valence-corrected chi connectivity index (χ1v) is 12.6. The highest BCUT2D eigenvalue weighted by Crippen LogP contribution is 2.14. The Morgan fingerprint density at radius 2 is 1.37 bits per heavy atom. The molecule has 0 saturated carbocycles. The molecule has 1 amide bonds. The van der Waals surface area contributed by atoms with Crippen LogP contribution in [-0.4, -0.2) is 41.9 Å². The monoisotopic (exact) mass is 433 g/mol. The van der Waals surface area contributed by atoms with Crippen LogP contribution < -0.4 is 0 Å². The fourth-order valence-corrected chi connectivity index (χ4v) is 2.35. The zero-order valence-electron chi connectivity index (χ0n) is 22.8. The molecule has 0 aromatic rings. The van der Waals surface area contributed by atoms with E-state index in [2.05, 4.69) is 34.6 Å². The summed E-state index contributed by atoms with van der Waals surface area (Å²) in [5, 5.41) is 7.00. The lowest BCUT2D eigenvalue weighted by atomic mass is 10.0. The number of likely N-dealkylation sites (tertiary alicyclic amines) is 1. The number of unbranched alkanes of at least 4 members (excludes halogenated alkanes) is 4.